The summed E-state index contributed by atoms with van der Waals surface area (Å²) in [7, 11) is 0. The Morgan fingerprint density at radius 3 is 2.82 bits per heavy atom. The summed E-state index contributed by atoms with van der Waals surface area (Å²) in [6.07, 6.45) is 4.94. The van der Waals surface area contributed by atoms with Crippen LogP contribution in [-0.2, 0) is 0 Å². The maximum absolute atomic E-state index is 12.2. The van der Waals surface area contributed by atoms with Gasteiger partial charge in [-0.05, 0) is 30.9 Å². The number of anilines is 2. The van der Waals surface area contributed by atoms with Crippen LogP contribution in [0.5, 0.6) is 11.5 Å². The van der Waals surface area contributed by atoms with Crippen molar-refractivity contribution in [3.8, 4) is 17.6 Å². The molecule has 0 atom stereocenters. The third kappa shape index (κ3) is 3.91. The smallest absolute Gasteiger partial charge is 0.319 e. The van der Waals surface area contributed by atoms with E-state index < -0.39 is 0 Å². The van der Waals surface area contributed by atoms with Gasteiger partial charge < -0.3 is 25.0 Å². The number of piperidine rings is 1. The molecule has 4 rings (SSSR count). The average Bonchev–Trinajstić information content (AvgIpc) is 3.20. The van der Waals surface area contributed by atoms with Gasteiger partial charge in [0.1, 0.15) is 6.07 Å². The number of benzene rings is 1. The van der Waals surface area contributed by atoms with Crippen molar-refractivity contribution in [2.45, 2.75) is 12.8 Å². The SMILES string of the molecule is N#Cc1nccnc1N1CCC(CNC(=O)Nc2ccc3c(c2)OCO3)CC1. The fourth-order valence-electron chi connectivity index (χ4n) is 3.38. The quantitative estimate of drug-likeness (QED) is 0.835. The monoisotopic (exact) mass is 380 g/mol. The highest BCUT2D eigenvalue weighted by Crippen LogP contribution is 2.34. The number of nitriles is 1. The van der Waals surface area contributed by atoms with Crippen LogP contribution in [0, 0.1) is 17.2 Å². The van der Waals surface area contributed by atoms with Crippen molar-refractivity contribution in [2.24, 2.45) is 5.92 Å². The molecule has 2 aromatic rings. The Bertz CT molecular complexity index is 905. The zero-order chi connectivity index (χ0) is 19.3. The number of rotatable bonds is 4. The van der Waals surface area contributed by atoms with Gasteiger partial charge >= 0.3 is 6.03 Å². The molecule has 1 aromatic carbocycles. The molecule has 2 aliphatic rings. The molecule has 2 aliphatic heterocycles. The summed E-state index contributed by atoms with van der Waals surface area (Å²) >= 11 is 0. The van der Waals surface area contributed by atoms with Gasteiger partial charge in [-0.25, -0.2) is 14.8 Å². The lowest BCUT2D eigenvalue weighted by Gasteiger charge is -2.32. The van der Waals surface area contributed by atoms with Gasteiger partial charge in [0.15, 0.2) is 23.0 Å². The molecular formula is C19H20N6O3. The van der Waals surface area contributed by atoms with Crippen molar-refractivity contribution in [3.05, 3.63) is 36.3 Å². The lowest BCUT2D eigenvalue weighted by Crippen LogP contribution is -2.40. The minimum Gasteiger partial charge on any atom is -0.454 e. The number of hydrogen-bond acceptors (Lipinski definition) is 7. The number of carbonyl (C=O) groups excluding carboxylic acids is 1. The molecule has 2 amide bonds. The van der Waals surface area contributed by atoms with Crippen LogP contribution in [0.1, 0.15) is 18.5 Å². The van der Waals surface area contributed by atoms with E-state index in [9.17, 15) is 10.1 Å². The number of hydrogen-bond donors (Lipinski definition) is 2. The fourth-order valence-corrected chi connectivity index (χ4v) is 3.38. The topological polar surface area (TPSA) is 112 Å². The molecule has 0 saturated carbocycles. The second-order valence-electron chi connectivity index (χ2n) is 6.67. The number of nitrogens with one attached hydrogen (secondary N) is 2. The van der Waals surface area contributed by atoms with Gasteiger partial charge in [-0.3, -0.25) is 0 Å². The van der Waals surface area contributed by atoms with Gasteiger partial charge in [0, 0.05) is 43.8 Å². The first kappa shape index (κ1) is 17.9. The van der Waals surface area contributed by atoms with Crippen LogP contribution >= 0.6 is 0 Å². The number of carbonyl (C=O) groups is 1. The van der Waals surface area contributed by atoms with Crippen molar-refractivity contribution in [1.29, 1.82) is 5.26 Å². The normalized spacial score (nSPS) is 15.8. The van der Waals surface area contributed by atoms with Crippen LogP contribution in [-0.4, -0.2) is 42.4 Å². The first-order chi connectivity index (χ1) is 13.7. The molecule has 0 aliphatic carbocycles. The van der Waals surface area contributed by atoms with Crippen LogP contribution in [0.4, 0.5) is 16.3 Å². The minimum absolute atomic E-state index is 0.202. The summed E-state index contributed by atoms with van der Waals surface area (Å²) in [5, 5.41) is 14.9. The highest BCUT2D eigenvalue weighted by Gasteiger charge is 2.23. The van der Waals surface area contributed by atoms with Crippen LogP contribution in [0.25, 0.3) is 0 Å². The summed E-state index contributed by atoms with van der Waals surface area (Å²) in [5.74, 6) is 2.32. The summed E-state index contributed by atoms with van der Waals surface area (Å²) in [4.78, 5) is 22.6. The summed E-state index contributed by atoms with van der Waals surface area (Å²) in [6.45, 7) is 2.36. The molecule has 1 aromatic heterocycles. The molecule has 2 N–H and O–H groups in total. The molecule has 0 radical (unpaired) electrons. The van der Waals surface area contributed by atoms with Crippen molar-refractivity contribution in [3.63, 3.8) is 0 Å². The molecule has 0 spiro atoms. The number of amides is 2. The Labute approximate surface area is 162 Å². The molecule has 0 unspecified atom stereocenters. The number of ether oxygens (including phenoxy) is 2. The van der Waals surface area contributed by atoms with Gasteiger partial charge in [-0.15, -0.1) is 0 Å². The van der Waals surface area contributed by atoms with Crippen LogP contribution in [0.2, 0.25) is 0 Å². The van der Waals surface area contributed by atoms with E-state index in [1.807, 2.05) is 0 Å². The van der Waals surface area contributed by atoms with Crippen molar-refractivity contribution in [2.75, 3.05) is 36.6 Å². The van der Waals surface area contributed by atoms with Crippen molar-refractivity contribution in [1.82, 2.24) is 15.3 Å². The zero-order valence-electron chi connectivity index (χ0n) is 15.2. The highest BCUT2D eigenvalue weighted by atomic mass is 16.7. The van der Waals surface area contributed by atoms with E-state index in [-0.39, 0.29) is 12.8 Å². The molecule has 0 bridgehead atoms. The van der Waals surface area contributed by atoms with Gasteiger partial charge in [0.05, 0.1) is 0 Å². The molecule has 28 heavy (non-hydrogen) atoms. The standard InChI is InChI=1S/C19H20N6O3/c20-10-15-18(22-6-5-21-15)25-7-3-13(4-8-25)11-23-19(26)24-14-1-2-16-17(9-14)28-12-27-16/h1-2,5-6,9,13H,3-4,7-8,11-12H2,(H2,23,24,26). The average molecular weight is 380 g/mol. The summed E-state index contributed by atoms with van der Waals surface area (Å²) < 4.78 is 10.6. The van der Waals surface area contributed by atoms with Gasteiger partial charge in [0.2, 0.25) is 6.79 Å². The Morgan fingerprint density at radius 1 is 1.21 bits per heavy atom. The second-order valence-corrected chi connectivity index (χ2v) is 6.67. The lowest BCUT2D eigenvalue weighted by molar-refractivity contribution is 0.174. The Kier molecular flexibility index (Phi) is 5.10. The van der Waals surface area contributed by atoms with E-state index in [1.54, 1.807) is 24.4 Å². The molecule has 9 heteroatoms. The largest absolute Gasteiger partial charge is 0.454 e. The summed E-state index contributed by atoms with van der Waals surface area (Å²) in [5.41, 5.74) is 1.01. The van der Waals surface area contributed by atoms with Crippen molar-refractivity contribution < 1.29 is 14.3 Å². The molecule has 3 heterocycles. The van der Waals surface area contributed by atoms with E-state index in [0.29, 0.717) is 41.2 Å². The van der Waals surface area contributed by atoms with E-state index in [1.165, 1.54) is 6.20 Å². The Hall–Kier alpha value is -3.54. The number of nitrogens with zero attached hydrogens (tertiary/aromatic N) is 4. The van der Waals surface area contributed by atoms with Crippen LogP contribution in [0.3, 0.4) is 0 Å². The van der Waals surface area contributed by atoms with Crippen LogP contribution in [0.15, 0.2) is 30.6 Å². The number of fused-ring (bicyclic) bond motifs is 1. The lowest BCUT2D eigenvalue weighted by atomic mass is 9.97. The summed E-state index contributed by atoms with van der Waals surface area (Å²) in [6, 6.07) is 7.13. The Morgan fingerprint density at radius 2 is 2.00 bits per heavy atom. The van der Waals surface area contributed by atoms with Gasteiger partial charge in [-0.1, -0.05) is 0 Å². The first-order valence-electron chi connectivity index (χ1n) is 9.13. The maximum Gasteiger partial charge on any atom is 0.319 e. The predicted octanol–water partition coefficient (Wildman–Crippen LogP) is 2.12. The van der Waals surface area contributed by atoms with Gasteiger partial charge in [-0.2, -0.15) is 5.26 Å². The van der Waals surface area contributed by atoms with E-state index >= 15 is 0 Å². The van der Waals surface area contributed by atoms with Gasteiger partial charge in [0.25, 0.3) is 0 Å². The first-order valence-corrected chi connectivity index (χ1v) is 9.13. The Balaban J connectivity index is 1.24. The molecular weight excluding hydrogens is 360 g/mol. The number of aromatic nitrogens is 2. The third-order valence-electron chi connectivity index (χ3n) is 4.88. The molecule has 1 fully saturated rings. The molecule has 9 nitrogen and oxygen atoms in total. The van der Waals surface area contributed by atoms with E-state index in [4.69, 9.17) is 9.47 Å². The zero-order valence-corrected chi connectivity index (χ0v) is 15.2. The third-order valence-corrected chi connectivity index (χ3v) is 4.88. The maximum atomic E-state index is 12.2. The van der Waals surface area contributed by atoms with Crippen molar-refractivity contribution >= 4 is 17.5 Å². The molecule has 144 valence electrons. The van der Waals surface area contributed by atoms with Crippen LogP contribution < -0.4 is 25.0 Å². The predicted molar refractivity (Wildman–Crippen MR) is 101 cm³/mol. The van der Waals surface area contributed by atoms with E-state index in [0.717, 1.165) is 25.9 Å². The second kappa shape index (κ2) is 8.00. The molecule has 1 saturated heterocycles. The number of urea groups is 1. The minimum atomic E-state index is -0.248. The van der Waals surface area contributed by atoms with E-state index in [2.05, 4.69) is 31.6 Å². The highest BCUT2D eigenvalue weighted by molar-refractivity contribution is 5.89. The fraction of sp³-hybridized carbons (Fsp3) is 0.368.